The minimum absolute atomic E-state index is 0.0290. The molecule has 1 saturated carbocycles. The molecule has 1 aromatic carbocycles. The SMILES string of the molecule is CC(C)(CC(=O)Nc1cc2oc(=O)sc2cc1O)C1CC1. The molecule has 112 valence electrons. The lowest BCUT2D eigenvalue weighted by Crippen LogP contribution is -2.24. The summed E-state index contributed by atoms with van der Waals surface area (Å²) in [4.78, 5) is 22.9. The Kier molecular flexibility index (Phi) is 3.28. The van der Waals surface area contributed by atoms with Gasteiger partial charge in [0.1, 0.15) is 5.75 Å². The van der Waals surface area contributed by atoms with Gasteiger partial charge in [0.25, 0.3) is 0 Å². The molecule has 1 aliphatic rings. The first kappa shape index (κ1) is 14.1. The van der Waals surface area contributed by atoms with E-state index in [-0.39, 0.29) is 22.8 Å². The van der Waals surface area contributed by atoms with Crippen LogP contribution in [0.3, 0.4) is 0 Å². The predicted molar refractivity (Wildman–Crippen MR) is 81.8 cm³/mol. The van der Waals surface area contributed by atoms with Crippen LogP contribution in [0.5, 0.6) is 5.75 Å². The zero-order chi connectivity index (χ0) is 15.2. The molecule has 2 aromatic rings. The molecule has 0 aliphatic heterocycles. The topological polar surface area (TPSA) is 79.5 Å². The first-order valence-electron chi connectivity index (χ1n) is 6.92. The number of nitrogens with one attached hydrogen (secondary N) is 1. The number of hydrogen-bond acceptors (Lipinski definition) is 5. The first-order chi connectivity index (χ1) is 9.85. The third-order valence-electron chi connectivity index (χ3n) is 4.02. The minimum atomic E-state index is -0.428. The normalized spacial score (nSPS) is 15.3. The van der Waals surface area contributed by atoms with Crippen LogP contribution in [0, 0.1) is 11.3 Å². The Balaban J connectivity index is 1.79. The van der Waals surface area contributed by atoms with Crippen molar-refractivity contribution in [1.29, 1.82) is 0 Å². The molecule has 1 fully saturated rings. The summed E-state index contributed by atoms with van der Waals surface area (Å²) in [6.07, 6.45) is 2.76. The molecule has 1 amide bonds. The highest BCUT2D eigenvalue weighted by Crippen LogP contribution is 2.47. The van der Waals surface area contributed by atoms with Crippen molar-refractivity contribution < 1.29 is 14.3 Å². The monoisotopic (exact) mass is 307 g/mol. The zero-order valence-corrected chi connectivity index (χ0v) is 12.8. The smallest absolute Gasteiger partial charge is 0.396 e. The van der Waals surface area contributed by atoms with Crippen molar-refractivity contribution in [3.63, 3.8) is 0 Å². The number of hydrogen-bond donors (Lipinski definition) is 2. The van der Waals surface area contributed by atoms with Crippen molar-refractivity contribution in [2.24, 2.45) is 11.3 Å². The van der Waals surface area contributed by atoms with E-state index < -0.39 is 4.94 Å². The summed E-state index contributed by atoms with van der Waals surface area (Å²) in [7, 11) is 0. The molecule has 0 spiro atoms. The summed E-state index contributed by atoms with van der Waals surface area (Å²) in [5.74, 6) is 0.408. The highest BCUT2D eigenvalue weighted by Gasteiger charge is 2.39. The van der Waals surface area contributed by atoms with Crippen molar-refractivity contribution >= 4 is 33.2 Å². The fourth-order valence-corrected chi connectivity index (χ4v) is 3.31. The van der Waals surface area contributed by atoms with Crippen molar-refractivity contribution in [2.75, 3.05) is 5.32 Å². The molecule has 1 heterocycles. The number of anilines is 1. The van der Waals surface area contributed by atoms with Gasteiger partial charge in [-0.15, -0.1) is 0 Å². The van der Waals surface area contributed by atoms with E-state index in [9.17, 15) is 14.7 Å². The van der Waals surface area contributed by atoms with E-state index in [1.54, 1.807) is 0 Å². The zero-order valence-electron chi connectivity index (χ0n) is 11.9. The lowest BCUT2D eigenvalue weighted by Gasteiger charge is -2.23. The highest BCUT2D eigenvalue weighted by atomic mass is 32.1. The fraction of sp³-hybridized carbons (Fsp3) is 0.467. The molecular formula is C15H17NO4S. The number of carbonyl (C=O) groups is 1. The van der Waals surface area contributed by atoms with E-state index >= 15 is 0 Å². The van der Waals surface area contributed by atoms with E-state index in [4.69, 9.17) is 4.42 Å². The summed E-state index contributed by atoms with van der Waals surface area (Å²) in [5.41, 5.74) is 0.624. The lowest BCUT2D eigenvalue weighted by molar-refractivity contribution is -0.118. The van der Waals surface area contributed by atoms with E-state index in [1.165, 1.54) is 25.0 Å². The number of rotatable bonds is 4. The molecule has 0 bridgehead atoms. The Morgan fingerprint density at radius 3 is 2.86 bits per heavy atom. The maximum Gasteiger partial charge on any atom is 0.396 e. The number of carbonyl (C=O) groups excluding carboxylic acids is 1. The maximum absolute atomic E-state index is 12.1. The molecule has 2 N–H and O–H groups in total. The van der Waals surface area contributed by atoms with Crippen LogP contribution in [0.25, 0.3) is 10.3 Å². The molecule has 1 aromatic heterocycles. The second-order valence-electron chi connectivity index (χ2n) is 6.26. The van der Waals surface area contributed by atoms with Gasteiger partial charge >= 0.3 is 4.94 Å². The third-order valence-corrected chi connectivity index (χ3v) is 4.81. The Morgan fingerprint density at radius 1 is 1.48 bits per heavy atom. The molecule has 0 saturated heterocycles. The Hall–Kier alpha value is -1.82. The molecule has 0 radical (unpaired) electrons. The average molecular weight is 307 g/mol. The van der Waals surface area contributed by atoms with Crippen LogP contribution in [-0.2, 0) is 4.79 Å². The molecule has 0 atom stereocenters. The van der Waals surface area contributed by atoms with Crippen LogP contribution >= 0.6 is 11.3 Å². The summed E-state index contributed by atoms with van der Waals surface area (Å²) in [6, 6.07) is 2.93. The van der Waals surface area contributed by atoms with Crippen molar-refractivity contribution in [3.8, 4) is 5.75 Å². The molecule has 5 nitrogen and oxygen atoms in total. The third kappa shape index (κ3) is 2.95. The lowest BCUT2D eigenvalue weighted by atomic mass is 9.83. The maximum atomic E-state index is 12.1. The Bertz CT molecular complexity index is 755. The minimum Gasteiger partial charge on any atom is -0.506 e. The number of benzene rings is 1. The van der Waals surface area contributed by atoms with Crippen molar-refractivity contribution in [3.05, 3.63) is 21.9 Å². The van der Waals surface area contributed by atoms with Gasteiger partial charge in [0.05, 0.1) is 10.4 Å². The Morgan fingerprint density at radius 2 is 2.19 bits per heavy atom. The van der Waals surface area contributed by atoms with Crippen molar-refractivity contribution in [1.82, 2.24) is 0 Å². The van der Waals surface area contributed by atoms with E-state index in [0.29, 0.717) is 22.6 Å². The second kappa shape index (κ2) is 4.87. The summed E-state index contributed by atoms with van der Waals surface area (Å²) >= 11 is 0.921. The van der Waals surface area contributed by atoms with Crippen LogP contribution in [0.15, 0.2) is 21.3 Å². The largest absolute Gasteiger partial charge is 0.506 e. The summed E-state index contributed by atoms with van der Waals surface area (Å²) in [5, 5.41) is 12.6. The number of phenolic OH excluding ortho intramolecular Hbond substituents is 1. The van der Waals surface area contributed by atoms with Crippen LogP contribution < -0.4 is 10.3 Å². The fourth-order valence-electron chi connectivity index (χ4n) is 2.63. The van der Waals surface area contributed by atoms with Gasteiger partial charge in [-0.3, -0.25) is 4.79 Å². The van der Waals surface area contributed by atoms with Crippen LogP contribution in [-0.4, -0.2) is 11.0 Å². The number of aromatic hydroxyl groups is 1. The Labute approximate surface area is 125 Å². The standard InChI is InChI=1S/C15H17NO4S/c1-15(2,8-3-4-8)7-13(18)16-9-5-11-12(6-10(9)17)21-14(19)20-11/h5-6,8,17H,3-4,7H2,1-2H3,(H,16,18). The first-order valence-corrected chi connectivity index (χ1v) is 7.73. The number of fused-ring (bicyclic) bond motifs is 1. The molecule has 1 aliphatic carbocycles. The van der Waals surface area contributed by atoms with Gasteiger partial charge in [-0.2, -0.15) is 0 Å². The van der Waals surface area contributed by atoms with Gasteiger partial charge in [0.15, 0.2) is 5.58 Å². The van der Waals surface area contributed by atoms with Crippen molar-refractivity contribution in [2.45, 2.75) is 33.1 Å². The van der Waals surface area contributed by atoms with Gasteiger partial charge in [0.2, 0.25) is 5.91 Å². The quantitative estimate of drug-likeness (QED) is 0.849. The van der Waals surface area contributed by atoms with Gasteiger partial charge in [-0.1, -0.05) is 25.2 Å². The van der Waals surface area contributed by atoms with Crippen LogP contribution in [0.4, 0.5) is 5.69 Å². The van der Waals surface area contributed by atoms with Gasteiger partial charge < -0.3 is 14.8 Å². The van der Waals surface area contributed by atoms with Crippen LogP contribution in [0.2, 0.25) is 0 Å². The molecule has 21 heavy (non-hydrogen) atoms. The number of amides is 1. The summed E-state index contributed by atoms with van der Waals surface area (Å²) < 4.78 is 5.56. The van der Waals surface area contributed by atoms with E-state index in [0.717, 1.165) is 11.3 Å². The predicted octanol–water partition coefficient (Wildman–Crippen LogP) is 3.32. The molecule has 3 rings (SSSR count). The number of phenols is 1. The summed E-state index contributed by atoms with van der Waals surface area (Å²) in [6.45, 7) is 4.18. The van der Waals surface area contributed by atoms with Crippen LogP contribution in [0.1, 0.15) is 33.1 Å². The second-order valence-corrected chi connectivity index (χ2v) is 7.24. The van der Waals surface area contributed by atoms with E-state index in [1.807, 2.05) is 0 Å². The molecule has 6 heteroatoms. The van der Waals surface area contributed by atoms with Gasteiger partial charge in [-0.25, -0.2) is 4.79 Å². The average Bonchev–Trinajstić information content (AvgIpc) is 3.14. The van der Waals surface area contributed by atoms with E-state index in [2.05, 4.69) is 19.2 Å². The highest BCUT2D eigenvalue weighted by molar-refractivity contribution is 7.16. The van der Waals surface area contributed by atoms with Gasteiger partial charge in [-0.05, 0) is 24.2 Å². The molecular weight excluding hydrogens is 290 g/mol. The van der Waals surface area contributed by atoms with Gasteiger partial charge in [0, 0.05) is 18.6 Å². The molecule has 0 unspecified atom stereocenters.